The zero-order valence-electron chi connectivity index (χ0n) is 17.9. The first-order valence-corrected chi connectivity index (χ1v) is 10.3. The summed E-state index contributed by atoms with van der Waals surface area (Å²) in [6.07, 6.45) is 2.37. The Bertz CT molecular complexity index is 668. The summed E-state index contributed by atoms with van der Waals surface area (Å²) in [6, 6.07) is 6.90. The lowest BCUT2D eigenvalue weighted by atomic mass is 9.96. The molecule has 0 radical (unpaired) electrons. The Hall–Kier alpha value is -1.99. The van der Waals surface area contributed by atoms with Gasteiger partial charge in [-0.3, -0.25) is 14.5 Å². The molecule has 7 heteroatoms. The molecule has 1 saturated heterocycles. The molecule has 1 aliphatic rings. The Kier molecular flexibility index (Phi) is 9.54. The lowest BCUT2D eigenvalue weighted by Crippen LogP contribution is -2.44. The SMILES string of the molecule is COC(=O)CCC(=O)N(CCN(C)C)C[C@@H]1CCCN(Cc2ccccc2F)C1. The molecule has 0 N–H and O–H groups in total. The van der Waals surface area contributed by atoms with Crippen molar-refractivity contribution in [3.63, 3.8) is 0 Å². The number of carbonyl (C=O) groups is 2. The summed E-state index contributed by atoms with van der Waals surface area (Å²) in [5.74, 6) is -0.192. The highest BCUT2D eigenvalue weighted by molar-refractivity contribution is 5.81. The van der Waals surface area contributed by atoms with E-state index in [-0.39, 0.29) is 30.5 Å². The third-order valence-corrected chi connectivity index (χ3v) is 5.37. The first-order valence-electron chi connectivity index (χ1n) is 10.3. The molecule has 1 heterocycles. The topological polar surface area (TPSA) is 53.1 Å². The summed E-state index contributed by atoms with van der Waals surface area (Å²) >= 11 is 0. The molecular formula is C22H34FN3O3. The average Bonchev–Trinajstić information content (AvgIpc) is 2.71. The van der Waals surface area contributed by atoms with Crippen molar-refractivity contribution >= 4 is 11.9 Å². The minimum absolute atomic E-state index is 0.0107. The van der Waals surface area contributed by atoms with Gasteiger partial charge >= 0.3 is 5.97 Å². The van der Waals surface area contributed by atoms with E-state index in [9.17, 15) is 14.0 Å². The van der Waals surface area contributed by atoms with Crippen LogP contribution in [0.4, 0.5) is 4.39 Å². The predicted octanol–water partition coefficient (Wildman–Crippen LogP) is 2.38. The zero-order valence-corrected chi connectivity index (χ0v) is 17.9. The third kappa shape index (κ3) is 8.11. The molecule has 1 aromatic carbocycles. The molecule has 0 unspecified atom stereocenters. The summed E-state index contributed by atoms with van der Waals surface area (Å²) in [5, 5.41) is 0. The van der Waals surface area contributed by atoms with E-state index in [2.05, 4.69) is 9.64 Å². The minimum atomic E-state index is -0.361. The van der Waals surface area contributed by atoms with Gasteiger partial charge in [0.05, 0.1) is 13.5 Å². The van der Waals surface area contributed by atoms with Crippen LogP contribution in [-0.2, 0) is 20.9 Å². The van der Waals surface area contributed by atoms with Crippen LogP contribution in [0.5, 0.6) is 0 Å². The highest BCUT2D eigenvalue weighted by Crippen LogP contribution is 2.21. The lowest BCUT2D eigenvalue weighted by molar-refractivity contribution is -0.143. The number of rotatable bonds is 10. The van der Waals surface area contributed by atoms with Crippen LogP contribution in [0.3, 0.4) is 0 Å². The second-order valence-corrected chi connectivity index (χ2v) is 8.05. The number of likely N-dealkylation sites (N-methyl/N-ethyl adjacent to an activating group) is 1. The van der Waals surface area contributed by atoms with Crippen LogP contribution in [0.25, 0.3) is 0 Å². The first-order chi connectivity index (χ1) is 13.9. The molecule has 1 aromatic rings. The van der Waals surface area contributed by atoms with E-state index >= 15 is 0 Å². The normalized spacial score (nSPS) is 17.3. The van der Waals surface area contributed by atoms with E-state index in [0.717, 1.165) is 32.5 Å². The highest BCUT2D eigenvalue weighted by Gasteiger charge is 2.25. The highest BCUT2D eigenvalue weighted by atomic mass is 19.1. The van der Waals surface area contributed by atoms with E-state index < -0.39 is 0 Å². The maximum atomic E-state index is 14.0. The van der Waals surface area contributed by atoms with Gasteiger partial charge in [0.1, 0.15) is 5.82 Å². The van der Waals surface area contributed by atoms with Gasteiger partial charge < -0.3 is 14.5 Å². The predicted molar refractivity (Wildman–Crippen MR) is 111 cm³/mol. The van der Waals surface area contributed by atoms with Crippen molar-refractivity contribution in [3.8, 4) is 0 Å². The number of hydrogen-bond acceptors (Lipinski definition) is 5. The number of benzene rings is 1. The molecule has 1 atom stereocenters. The van der Waals surface area contributed by atoms with E-state index in [1.807, 2.05) is 36.0 Å². The van der Waals surface area contributed by atoms with Crippen LogP contribution in [0, 0.1) is 11.7 Å². The maximum absolute atomic E-state index is 14.0. The molecule has 1 amide bonds. The quantitative estimate of drug-likeness (QED) is 0.558. The number of likely N-dealkylation sites (tertiary alicyclic amines) is 1. The van der Waals surface area contributed by atoms with Gasteiger partial charge in [0.2, 0.25) is 5.91 Å². The van der Waals surface area contributed by atoms with Crippen molar-refractivity contribution in [3.05, 3.63) is 35.6 Å². The van der Waals surface area contributed by atoms with E-state index in [0.29, 0.717) is 31.1 Å². The number of esters is 1. The Morgan fingerprint density at radius 2 is 1.97 bits per heavy atom. The number of amides is 1. The van der Waals surface area contributed by atoms with Crippen molar-refractivity contribution in [2.75, 3.05) is 53.9 Å². The molecular weight excluding hydrogens is 373 g/mol. The molecule has 0 bridgehead atoms. The second-order valence-electron chi connectivity index (χ2n) is 8.05. The summed E-state index contributed by atoms with van der Waals surface area (Å²) in [4.78, 5) is 30.3. The van der Waals surface area contributed by atoms with E-state index in [4.69, 9.17) is 0 Å². The van der Waals surface area contributed by atoms with Crippen LogP contribution in [0.2, 0.25) is 0 Å². The van der Waals surface area contributed by atoms with Crippen LogP contribution in [0.1, 0.15) is 31.2 Å². The number of methoxy groups -OCH3 is 1. The number of ether oxygens (including phenoxy) is 1. The van der Waals surface area contributed by atoms with Crippen LogP contribution in [0.15, 0.2) is 24.3 Å². The van der Waals surface area contributed by atoms with Crippen molar-refractivity contribution in [2.24, 2.45) is 5.92 Å². The number of carbonyl (C=O) groups excluding carboxylic acids is 2. The molecule has 2 rings (SSSR count). The number of hydrogen-bond donors (Lipinski definition) is 0. The molecule has 0 aliphatic carbocycles. The van der Waals surface area contributed by atoms with E-state index in [1.165, 1.54) is 13.2 Å². The Morgan fingerprint density at radius 1 is 1.21 bits per heavy atom. The Morgan fingerprint density at radius 3 is 2.66 bits per heavy atom. The fourth-order valence-corrected chi connectivity index (χ4v) is 3.73. The lowest BCUT2D eigenvalue weighted by Gasteiger charge is -2.36. The molecule has 6 nitrogen and oxygen atoms in total. The third-order valence-electron chi connectivity index (χ3n) is 5.37. The van der Waals surface area contributed by atoms with Crippen LogP contribution in [-0.4, -0.2) is 80.5 Å². The number of halogens is 1. The Balaban J connectivity index is 1.94. The van der Waals surface area contributed by atoms with Gasteiger partial charge in [-0.1, -0.05) is 18.2 Å². The van der Waals surface area contributed by atoms with Gasteiger partial charge in [-0.25, -0.2) is 4.39 Å². The number of nitrogens with zero attached hydrogens (tertiary/aromatic N) is 3. The maximum Gasteiger partial charge on any atom is 0.306 e. The molecule has 1 aliphatic heterocycles. The monoisotopic (exact) mass is 407 g/mol. The van der Waals surface area contributed by atoms with E-state index in [1.54, 1.807) is 6.07 Å². The summed E-state index contributed by atoms with van der Waals surface area (Å²) in [7, 11) is 5.30. The summed E-state index contributed by atoms with van der Waals surface area (Å²) < 4.78 is 18.6. The van der Waals surface area contributed by atoms with Gasteiger partial charge in [0, 0.05) is 44.7 Å². The minimum Gasteiger partial charge on any atom is -0.469 e. The average molecular weight is 408 g/mol. The summed E-state index contributed by atoms with van der Waals surface area (Å²) in [6.45, 7) is 4.46. The Labute approximate surface area is 173 Å². The second kappa shape index (κ2) is 11.9. The molecule has 0 spiro atoms. The van der Waals surface area contributed by atoms with Crippen LogP contribution < -0.4 is 0 Å². The summed E-state index contributed by atoms with van der Waals surface area (Å²) in [5.41, 5.74) is 0.715. The largest absolute Gasteiger partial charge is 0.469 e. The van der Waals surface area contributed by atoms with Gasteiger partial charge in [0.25, 0.3) is 0 Å². The standard InChI is InChI=1S/C22H34FN3O3/c1-24(2)13-14-26(21(27)10-11-22(28)29-3)16-18-7-6-12-25(15-18)17-19-8-4-5-9-20(19)23/h4-5,8-9,18H,6-7,10-17H2,1-3H3/t18-/m1/s1. The smallest absolute Gasteiger partial charge is 0.306 e. The molecule has 1 fully saturated rings. The van der Waals surface area contributed by atoms with Gasteiger partial charge in [0.15, 0.2) is 0 Å². The fraction of sp³-hybridized carbons (Fsp3) is 0.636. The molecule has 0 aromatic heterocycles. The van der Waals surface area contributed by atoms with Gasteiger partial charge in [-0.2, -0.15) is 0 Å². The molecule has 162 valence electrons. The first kappa shape index (κ1) is 23.3. The van der Waals surface area contributed by atoms with Crippen molar-refractivity contribution in [1.29, 1.82) is 0 Å². The van der Waals surface area contributed by atoms with Gasteiger partial charge in [-0.05, 0) is 45.5 Å². The van der Waals surface area contributed by atoms with Gasteiger partial charge in [-0.15, -0.1) is 0 Å². The fourth-order valence-electron chi connectivity index (χ4n) is 3.73. The van der Waals surface area contributed by atoms with Crippen LogP contribution >= 0.6 is 0 Å². The van der Waals surface area contributed by atoms with Crippen molar-refractivity contribution in [1.82, 2.24) is 14.7 Å². The van der Waals surface area contributed by atoms with Crippen molar-refractivity contribution in [2.45, 2.75) is 32.2 Å². The molecule has 0 saturated carbocycles. The van der Waals surface area contributed by atoms with Crippen molar-refractivity contribution < 1.29 is 18.7 Å². The molecule has 29 heavy (non-hydrogen) atoms. The number of piperidine rings is 1. The zero-order chi connectivity index (χ0) is 21.2.